The summed E-state index contributed by atoms with van der Waals surface area (Å²) in [7, 11) is -3.53. The van der Waals surface area contributed by atoms with Gasteiger partial charge in [-0.25, -0.2) is 12.8 Å². The molecule has 0 amide bonds. The minimum atomic E-state index is -3.53. The second kappa shape index (κ2) is 5.30. The molecule has 0 aliphatic heterocycles. The Balaban J connectivity index is 2.29. The van der Waals surface area contributed by atoms with Gasteiger partial charge in [0.2, 0.25) is 0 Å². The van der Waals surface area contributed by atoms with Crippen LogP contribution in [0.15, 0.2) is 35.2 Å². The molecule has 3 nitrogen and oxygen atoms in total. The number of rotatable bonds is 4. The Labute approximate surface area is 115 Å². The summed E-state index contributed by atoms with van der Waals surface area (Å²) in [6.45, 7) is 2.01. The third-order valence-electron chi connectivity index (χ3n) is 2.73. The number of nitrogens with two attached hydrogens (primary N) is 1. The zero-order chi connectivity index (χ0) is 14.0. The number of aryl methyl sites for hydroxylation is 1. The molecule has 1 aromatic carbocycles. The van der Waals surface area contributed by atoms with Crippen LogP contribution >= 0.6 is 11.3 Å². The van der Waals surface area contributed by atoms with E-state index in [1.165, 1.54) is 23.5 Å². The van der Waals surface area contributed by atoms with Crippen LogP contribution in [-0.2, 0) is 22.0 Å². The lowest BCUT2D eigenvalue weighted by Crippen LogP contribution is -2.05. The van der Waals surface area contributed by atoms with Crippen LogP contribution in [0.5, 0.6) is 0 Å². The van der Waals surface area contributed by atoms with Crippen LogP contribution < -0.4 is 5.73 Å². The average Bonchev–Trinajstić information content (AvgIpc) is 2.79. The summed E-state index contributed by atoms with van der Waals surface area (Å²) < 4.78 is 37.6. The summed E-state index contributed by atoms with van der Waals surface area (Å²) >= 11 is 1.46. The first-order chi connectivity index (χ1) is 8.92. The number of nitrogen functional groups attached to an aromatic ring is 1. The number of hydrogen-bond acceptors (Lipinski definition) is 4. The fraction of sp³-hybridized carbons (Fsp3) is 0.231. The fourth-order valence-electron chi connectivity index (χ4n) is 1.66. The van der Waals surface area contributed by atoms with Crippen LogP contribution in [-0.4, -0.2) is 8.42 Å². The van der Waals surface area contributed by atoms with Gasteiger partial charge in [-0.1, -0.05) is 6.92 Å². The Kier molecular flexibility index (Phi) is 3.91. The van der Waals surface area contributed by atoms with Gasteiger partial charge in [-0.3, -0.25) is 0 Å². The Hall–Kier alpha value is -1.40. The maximum absolute atomic E-state index is 13.3. The molecule has 0 radical (unpaired) electrons. The Morgan fingerprint density at radius 3 is 2.47 bits per heavy atom. The molecule has 0 saturated carbocycles. The lowest BCUT2D eigenvalue weighted by Gasteiger charge is -2.04. The molecule has 2 aromatic rings. The summed E-state index contributed by atoms with van der Waals surface area (Å²) in [4.78, 5) is 1.86. The Bertz CT molecular complexity index is 692. The van der Waals surface area contributed by atoms with Crippen LogP contribution in [0.2, 0.25) is 0 Å². The van der Waals surface area contributed by atoms with E-state index in [0.29, 0.717) is 0 Å². The normalized spacial score (nSPS) is 11.7. The molecule has 2 rings (SSSR count). The molecule has 0 unspecified atom stereocenters. The van der Waals surface area contributed by atoms with Gasteiger partial charge < -0.3 is 5.73 Å². The summed E-state index contributed by atoms with van der Waals surface area (Å²) in [6.07, 6.45) is 0.876. The highest BCUT2D eigenvalue weighted by atomic mass is 32.2. The monoisotopic (exact) mass is 299 g/mol. The first-order valence-corrected chi connectivity index (χ1v) is 8.24. The molecule has 6 heteroatoms. The lowest BCUT2D eigenvalue weighted by atomic mass is 10.3. The maximum atomic E-state index is 13.3. The second-order valence-corrected chi connectivity index (χ2v) is 7.41. The molecule has 0 spiro atoms. The van der Waals surface area contributed by atoms with E-state index in [4.69, 9.17) is 5.73 Å². The van der Waals surface area contributed by atoms with Gasteiger partial charge in [0.15, 0.2) is 9.84 Å². The molecule has 102 valence electrons. The van der Waals surface area contributed by atoms with Gasteiger partial charge in [-0.05, 0) is 36.8 Å². The Morgan fingerprint density at radius 1 is 1.21 bits per heavy atom. The van der Waals surface area contributed by atoms with Gasteiger partial charge in [0.25, 0.3) is 0 Å². The predicted molar refractivity (Wildman–Crippen MR) is 75.4 cm³/mol. The smallest absolute Gasteiger partial charge is 0.183 e. The zero-order valence-electron chi connectivity index (χ0n) is 10.4. The topological polar surface area (TPSA) is 60.2 Å². The van der Waals surface area contributed by atoms with Crippen molar-refractivity contribution in [2.24, 2.45) is 0 Å². The van der Waals surface area contributed by atoms with Crippen molar-refractivity contribution in [2.75, 3.05) is 5.73 Å². The molecule has 0 saturated heterocycles. The van der Waals surface area contributed by atoms with Gasteiger partial charge in [0.1, 0.15) is 5.82 Å². The Morgan fingerprint density at radius 2 is 1.89 bits per heavy atom. The van der Waals surface area contributed by atoms with Crippen LogP contribution in [0.25, 0.3) is 0 Å². The van der Waals surface area contributed by atoms with Crippen molar-refractivity contribution in [1.29, 1.82) is 0 Å². The van der Waals surface area contributed by atoms with E-state index in [2.05, 4.69) is 0 Å². The summed E-state index contributed by atoms with van der Waals surface area (Å²) in [5.41, 5.74) is 5.29. The van der Waals surface area contributed by atoms with E-state index in [-0.39, 0.29) is 16.3 Å². The first-order valence-electron chi connectivity index (χ1n) is 5.77. The van der Waals surface area contributed by atoms with Crippen LogP contribution in [0.3, 0.4) is 0 Å². The fourth-order valence-corrected chi connectivity index (χ4v) is 4.31. The van der Waals surface area contributed by atoms with Crippen molar-refractivity contribution in [2.45, 2.75) is 24.0 Å². The van der Waals surface area contributed by atoms with Crippen molar-refractivity contribution in [1.82, 2.24) is 0 Å². The van der Waals surface area contributed by atoms with Crippen molar-refractivity contribution in [3.05, 3.63) is 45.9 Å². The van der Waals surface area contributed by atoms with E-state index in [0.717, 1.165) is 22.2 Å². The standard InChI is InChI=1S/C13H14FNO2S2/c1-2-9-3-4-10(18-9)8-19(16,17)11-5-6-13(15)12(14)7-11/h3-7H,2,8,15H2,1H3. The quantitative estimate of drug-likeness (QED) is 0.883. The SMILES string of the molecule is CCc1ccc(CS(=O)(=O)c2ccc(N)c(F)c2)s1. The molecule has 1 heterocycles. The van der Waals surface area contributed by atoms with E-state index in [1.54, 1.807) is 6.07 Å². The van der Waals surface area contributed by atoms with Gasteiger partial charge >= 0.3 is 0 Å². The number of halogens is 1. The number of anilines is 1. The van der Waals surface area contributed by atoms with Gasteiger partial charge in [0.05, 0.1) is 16.3 Å². The predicted octanol–water partition coefficient (Wildman–Crippen LogP) is 3.01. The summed E-state index contributed by atoms with van der Waals surface area (Å²) in [6, 6.07) is 7.29. The second-order valence-electron chi connectivity index (χ2n) is 4.16. The van der Waals surface area contributed by atoms with E-state index < -0.39 is 15.7 Å². The molecule has 19 heavy (non-hydrogen) atoms. The zero-order valence-corrected chi connectivity index (χ0v) is 12.0. The van der Waals surface area contributed by atoms with Crippen LogP contribution in [0, 0.1) is 5.82 Å². The minimum Gasteiger partial charge on any atom is -0.396 e. The molecule has 0 aliphatic carbocycles. The molecule has 0 atom stereocenters. The maximum Gasteiger partial charge on any atom is 0.183 e. The van der Waals surface area contributed by atoms with Crippen LogP contribution in [0.1, 0.15) is 16.7 Å². The highest BCUT2D eigenvalue weighted by Gasteiger charge is 2.18. The highest BCUT2D eigenvalue weighted by molar-refractivity contribution is 7.90. The van der Waals surface area contributed by atoms with E-state index in [1.807, 2.05) is 13.0 Å². The lowest BCUT2D eigenvalue weighted by molar-refractivity contribution is 0.591. The molecular formula is C13H14FNO2S2. The number of benzene rings is 1. The largest absolute Gasteiger partial charge is 0.396 e. The highest BCUT2D eigenvalue weighted by Crippen LogP contribution is 2.24. The molecule has 2 N–H and O–H groups in total. The van der Waals surface area contributed by atoms with Gasteiger partial charge in [0, 0.05) is 9.75 Å². The van der Waals surface area contributed by atoms with E-state index >= 15 is 0 Å². The summed E-state index contributed by atoms with van der Waals surface area (Å²) in [5, 5.41) is 0. The minimum absolute atomic E-state index is 0.0364. The number of hydrogen-bond donors (Lipinski definition) is 1. The van der Waals surface area contributed by atoms with Crippen molar-refractivity contribution in [3.8, 4) is 0 Å². The molecule has 1 aromatic heterocycles. The molecule has 0 bridgehead atoms. The third-order valence-corrected chi connectivity index (χ3v) is 5.80. The molecule has 0 aliphatic rings. The third kappa shape index (κ3) is 3.13. The molecular weight excluding hydrogens is 285 g/mol. The average molecular weight is 299 g/mol. The molecule has 0 fully saturated rings. The van der Waals surface area contributed by atoms with Gasteiger partial charge in [-0.15, -0.1) is 11.3 Å². The van der Waals surface area contributed by atoms with Crippen molar-refractivity contribution in [3.63, 3.8) is 0 Å². The summed E-state index contributed by atoms with van der Waals surface area (Å²) in [5.74, 6) is -0.817. The van der Waals surface area contributed by atoms with E-state index in [9.17, 15) is 12.8 Å². The first kappa shape index (κ1) is 14.0. The number of sulfone groups is 1. The van der Waals surface area contributed by atoms with Gasteiger partial charge in [-0.2, -0.15) is 0 Å². The van der Waals surface area contributed by atoms with Crippen LogP contribution in [0.4, 0.5) is 10.1 Å². The number of thiophene rings is 1. The van der Waals surface area contributed by atoms with Crippen molar-refractivity contribution >= 4 is 26.9 Å². The van der Waals surface area contributed by atoms with Crippen molar-refractivity contribution < 1.29 is 12.8 Å².